The van der Waals surface area contributed by atoms with Crippen LogP contribution in [0.2, 0.25) is 5.02 Å². The Kier molecular flexibility index (Phi) is 6.38. The van der Waals surface area contributed by atoms with Gasteiger partial charge in [0.2, 0.25) is 5.78 Å². The number of hydrogen-bond donors (Lipinski definition) is 0. The number of thioether (sulfide) groups is 1. The number of halogens is 1. The molecule has 0 aliphatic carbocycles. The zero-order chi connectivity index (χ0) is 22.0. The molecule has 3 aromatic heterocycles. The Balaban J connectivity index is 2.02. The first-order valence-corrected chi connectivity index (χ1v) is 11.8. The molecule has 0 bridgehead atoms. The summed E-state index contributed by atoms with van der Waals surface area (Å²) < 4.78 is 8.25. The van der Waals surface area contributed by atoms with E-state index in [1.54, 1.807) is 49.9 Å². The molecule has 0 N–H and O–H groups in total. The number of esters is 1. The van der Waals surface area contributed by atoms with E-state index in [4.69, 9.17) is 16.3 Å². The van der Waals surface area contributed by atoms with Crippen molar-refractivity contribution in [2.24, 2.45) is 0 Å². The zero-order valence-electron chi connectivity index (χ0n) is 16.9. The van der Waals surface area contributed by atoms with Gasteiger partial charge in [0.05, 0.1) is 38.0 Å². The van der Waals surface area contributed by atoms with E-state index in [9.17, 15) is 9.59 Å². The molecule has 3 heterocycles. The van der Waals surface area contributed by atoms with Crippen LogP contribution < -0.4 is 0 Å². The van der Waals surface area contributed by atoms with E-state index >= 15 is 0 Å². The first-order valence-electron chi connectivity index (χ1n) is 9.62. The number of rotatable bonds is 6. The molecule has 31 heavy (non-hydrogen) atoms. The number of fused-ring (bicyclic) bond motifs is 3. The first kappa shape index (κ1) is 21.5. The summed E-state index contributed by atoms with van der Waals surface area (Å²) in [5, 5.41) is 1.19. The number of pyridine rings is 1. The molecule has 0 saturated carbocycles. The van der Waals surface area contributed by atoms with Crippen molar-refractivity contribution in [3.63, 3.8) is 0 Å². The fourth-order valence-electron chi connectivity index (χ4n) is 3.40. The highest BCUT2D eigenvalue weighted by Gasteiger charge is 2.29. The van der Waals surface area contributed by atoms with Gasteiger partial charge in [-0.25, -0.2) is 4.79 Å². The van der Waals surface area contributed by atoms with Gasteiger partial charge in [-0.2, -0.15) is 0 Å². The minimum absolute atomic E-state index is 0.151. The summed E-state index contributed by atoms with van der Waals surface area (Å²) in [4.78, 5) is 27.0. The lowest BCUT2D eigenvalue weighted by atomic mass is 10.1. The standard InChI is InChI=1S/C24H18ClNO3S2/c1-3-5-14-30-24-20-19(22(31-24)21(27)15-9-11-16(25)12-10-15)18(23(28)29-4-2)17-8-6-7-13-26(17)20/h6-13H,4,14H2,1-2H3. The Hall–Kier alpha value is -2.72. The predicted molar refractivity (Wildman–Crippen MR) is 128 cm³/mol. The fourth-order valence-corrected chi connectivity index (χ4v) is 5.86. The number of benzene rings is 1. The molecule has 0 aliphatic heterocycles. The number of nitrogens with zero attached hydrogens (tertiary/aromatic N) is 1. The molecule has 4 aromatic rings. The van der Waals surface area contributed by atoms with Gasteiger partial charge in [0.25, 0.3) is 0 Å². The van der Waals surface area contributed by atoms with Crippen LogP contribution in [-0.4, -0.2) is 28.5 Å². The quantitative estimate of drug-likeness (QED) is 0.144. The highest BCUT2D eigenvalue weighted by molar-refractivity contribution is 8.01. The molecule has 0 fully saturated rings. The van der Waals surface area contributed by atoms with Crippen molar-refractivity contribution in [2.75, 3.05) is 12.4 Å². The lowest BCUT2D eigenvalue weighted by molar-refractivity contribution is 0.0531. The number of carbonyl (C=O) groups excluding carboxylic acids is 2. The minimum Gasteiger partial charge on any atom is -0.462 e. The fraction of sp³-hybridized carbons (Fsp3) is 0.167. The van der Waals surface area contributed by atoms with E-state index < -0.39 is 5.97 Å². The summed E-state index contributed by atoms with van der Waals surface area (Å²) in [6.45, 7) is 3.82. The number of thiophene rings is 1. The third kappa shape index (κ3) is 3.97. The summed E-state index contributed by atoms with van der Waals surface area (Å²) in [5.74, 6) is 5.96. The van der Waals surface area contributed by atoms with E-state index in [1.165, 1.54) is 11.3 Å². The molecule has 4 nitrogen and oxygen atoms in total. The molecular formula is C24H18ClNO3S2. The topological polar surface area (TPSA) is 47.8 Å². The summed E-state index contributed by atoms with van der Waals surface area (Å²) in [7, 11) is 0. The molecular weight excluding hydrogens is 450 g/mol. The lowest BCUT2D eigenvalue weighted by Crippen LogP contribution is -2.06. The van der Waals surface area contributed by atoms with Crippen LogP contribution in [0.4, 0.5) is 0 Å². The Bertz CT molecular complexity index is 1360. The number of hydrogen-bond acceptors (Lipinski definition) is 5. The predicted octanol–water partition coefficient (Wildman–Crippen LogP) is 6.33. The molecule has 156 valence electrons. The van der Waals surface area contributed by atoms with Crippen molar-refractivity contribution in [1.29, 1.82) is 0 Å². The molecule has 7 heteroatoms. The van der Waals surface area contributed by atoms with Crippen molar-refractivity contribution >= 4 is 62.9 Å². The highest BCUT2D eigenvalue weighted by Crippen LogP contribution is 2.43. The molecule has 0 aliphatic rings. The molecule has 0 amide bonds. The lowest BCUT2D eigenvalue weighted by Gasteiger charge is -2.04. The monoisotopic (exact) mass is 467 g/mol. The van der Waals surface area contributed by atoms with Crippen molar-refractivity contribution in [1.82, 2.24) is 4.40 Å². The third-order valence-electron chi connectivity index (χ3n) is 4.70. The van der Waals surface area contributed by atoms with Gasteiger partial charge in [-0.15, -0.1) is 29.0 Å². The number of ketones is 1. The summed E-state index contributed by atoms with van der Waals surface area (Å²) >= 11 is 8.95. The van der Waals surface area contributed by atoms with Crippen LogP contribution in [0.1, 0.15) is 39.4 Å². The van der Waals surface area contributed by atoms with E-state index in [2.05, 4.69) is 11.8 Å². The van der Waals surface area contributed by atoms with Crippen molar-refractivity contribution in [3.05, 3.63) is 69.7 Å². The van der Waals surface area contributed by atoms with Crippen molar-refractivity contribution in [2.45, 2.75) is 18.1 Å². The first-order chi connectivity index (χ1) is 15.1. The second-order valence-electron chi connectivity index (χ2n) is 6.55. The van der Waals surface area contributed by atoms with Gasteiger partial charge in [0, 0.05) is 22.2 Å². The largest absolute Gasteiger partial charge is 0.462 e. The molecule has 1 aromatic carbocycles. The second kappa shape index (κ2) is 9.19. The Morgan fingerprint density at radius 1 is 1.19 bits per heavy atom. The number of aromatic nitrogens is 1. The second-order valence-corrected chi connectivity index (χ2v) is 9.25. The summed E-state index contributed by atoms with van der Waals surface area (Å²) in [6, 6.07) is 12.4. The molecule has 0 spiro atoms. The van der Waals surface area contributed by atoms with E-state index in [-0.39, 0.29) is 12.4 Å². The number of ether oxygens (including phenoxy) is 1. The normalized spacial score (nSPS) is 10.8. The molecule has 0 unspecified atom stereocenters. The van der Waals surface area contributed by atoms with Gasteiger partial charge < -0.3 is 9.14 Å². The molecule has 0 atom stereocenters. The van der Waals surface area contributed by atoms with Gasteiger partial charge in [0.15, 0.2) is 0 Å². The smallest absolute Gasteiger partial charge is 0.341 e. The van der Waals surface area contributed by atoms with Crippen LogP contribution in [0, 0.1) is 11.8 Å². The zero-order valence-corrected chi connectivity index (χ0v) is 19.3. The van der Waals surface area contributed by atoms with E-state index in [0.29, 0.717) is 37.7 Å². The Morgan fingerprint density at radius 3 is 2.68 bits per heavy atom. The Labute approximate surface area is 193 Å². The van der Waals surface area contributed by atoms with Gasteiger partial charge in [0.1, 0.15) is 0 Å². The Morgan fingerprint density at radius 2 is 1.97 bits per heavy atom. The third-order valence-corrected chi connectivity index (χ3v) is 7.28. The van der Waals surface area contributed by atoms with Crippen molar-refractivity contribution in [3.8, 4) is 11.8 Å². The minimum atomic E-state index is -0.436. The maximum Gasteiger partial charge on any atom is 0.341 e. The maximum absolute atomic E-state index is 13.5. The van der Waals surface area contributed by atoms with E-state index in [0.717, 1.165) is 9.73 Å². The maximum atomic E-state index is 13.5. The van der Waals surface area contributed by atoms with Crippen molar-refractivity contribution < 1.29 is 14.3 Å². The van der Waals surface area contributed by atoms with Crippen LogP contribution in [-0.2, 0) is 4.74 Å². The van der Waals surface area contributed by atoms with Gasteiger partial charge >= 0.3 is 5.97 Å². The van der Waals surface area contributed by atoms with Crippen LogP contribution in [0.25, 0.3) is 16.4 Å². The van der Waals surface area contributed by atoms with Gasteiger partial charge in [-0.1, -0.05) is 23.6 Å². The highest BCUT2D eigenvalue weighted by atomic mass is 35.5. The molecule has 0 saturated heterocycles. The van der Waals surface area contributed by atoms with E-state index in [1.807, 2.05) is 28.8 Å². The van der Waals surface area contributed by atoms with Crippen LogP contribution in [0.15, 0.2) is 52.9 Å². The van der Waals surface area contributed by atoms with Crippen LogP contribution in [0.5, 0.6) is 0 Å². The average Bonchev–Trinajstić information content (AvgIpc) is 3.30. The van der Waals surface area contributed by atoms with Crippen LogP contribution in [0.3, 0.4) is 0 Å². The van der Waals surface area contributed by atoms with Crippen LogP contribution >= 0.6 is 34.7 Å². The summed E-state index contributed by atoms with van der Waals surface area (Å²) in [6.07, 6.45) is 1.90. The summed E-state index contributed by atoms with van der Waals surface area (Å²) in [5.41, 5.74) is 2.48. The van der Waals surface area contributed by atoms with Gasteiger partial charge in [-0.05, 0) is 50.2 Å². The average molecular weight is 468 g/mol. The number of carbonyl (C=O) groups is 2. The van der Waals surface area contributed by atoms with Gasteiger partial charge in [-0.3, -0.25) is 4.79 Å². The molecule has 0 radical (unpaired) electrons. The SMILES string of the molecule is CC#CCSc1sc(C(=O)c2ccc(Cl)cc2)c2c(C(=O)OCC)c3ccccn3c12. The molecule has 4 rings (SSSR count).